The predicted molar refractivity (Wildman–Crippen MR) is 119 cm³/mol. The molecule has 1 saturated heterocycles. The SMILES string of the molecule is CCC1(c2ccccc2)NC(=O)N(CC(=O)NC(C)c2ccc3ccccc3c2)C1=O. The Balaban J connectivity index is 1.47. The van der Waals surface area contributed by atoms with Gasteiger partial charge in [-0.1, -0.05) is 73.7 Å². The number of hydrogen-bond acceptors (Lipinski definition) is 3. The van der Waals surface area contributed by atoms with E-state index in [1.165, 1.54) is 0 Å². The summed E-state index contributed by atoms with van der Waals surface area (Å²) in [7, 11) is 0. The first-order valence-corrected chi connectivity index (χ1v) is 10.4. The highest BCUT2D eigenvalue weighted by atomic mass is 16.2. The molecule has 0 spiro atoms. The standard InChI is InChI=1S/C25H25N3O3/c1-3-25(21-11-5-4-6-12-21)23(30)28(24(31)27-25)16-22(29)26-17(2)19-14-13-18-9-7-8-10-20(18)15-19/h4-15,17H,3,16H2,1-2H3,(H,26,29)(H,27,31). The van der Waals surface area contributed by atoms with Gasteiger partial charge in [0.05, 0.1) is 6.04 Å². The van der Waals surface area contributed by atoms with E-state index in [9.17, 15) is 14.4 Å². The minimum absolute atomic E-state index is 0.261. The largest absolute Gasteiger partial charge is 0.348 e. The van der Waals surface area contributed by atoms with Crippen LogP contribution in [0.4, 0.5) is 4.79 Å². The van der Waals surface area contributed by atoms with Crippen LogP contribution in [0.5, 0.6) is 0 Å². The molecule has 158 valence electrons. The highest BCUT2D eigenvalue weighted by Crippen LogP contribution is 2.32. The van der Waals surface area contributed by atoms with Gasteiger partial charge in [-0.25, -0.2) is 4.79 Å². The Morgan fingerprint density at radius 2 is 1.68 bits per heavy atom. The summed E-state index contributed by atoms with van der Waals surface area (Å²) in [6.45, 7) is 3.40. The Morgan fingerprint density at radius 1 is 1.00 bits per heavy atom. The second-order valence-corrected chi connectivity index (χ2v) is 7.84. The molecule has 2 unspecified atom stereocenters. The van der Waals surface area contributed by atoms with E-state index in [2.05, 4.69) is 10.6 Å². The van der Waals surface area contributed by atoms with Crippen molar-refractivity contribution in [1.82, 2.24) is 15.5 Å². The molecule has 1 aliphatic rings. The van der Waals surface area contributed by atoms with Crippen LogP contribution in [0.25, 0.3) is 10.8 Å². The first-order chi connectivity index (χ1) is 14.9. The number of carbonyl (C=O) groups excluding carboxylic acids is 3. The second-order valence-electron chi connectivity index (χ2n) is 7.84. The monoisotopic (exact) mass is 415 g/mol. The quantitative estimate of drug-likeness (QED) is 0.600. The number of benzene rings is 3. The second kappa shape index (κ2) is 8.22. The van der Waals surface area contributed by atoms with E-state index < -0.39 is 17.5 Å². The van der Waals surface area contributed by atoms with E-state index in [4.69, 9.17) is 0 Å². The van der Waals surface area contributed by atoms with Crippen LogP contribution in [-0.2, 0) is 15.1 Å². The molecule has 4 amide bonds. The van der Waals surface area contributed by atoms with Gasteiger partial charge in [0.1, 0.15) is 12.1 Å². The Hall–Kier alpha value is -3.67. The zero-order valence-corrected chi connectivity index (χ0v) is 17.6. The van der Waals surface area contributed by atoms with Crippen LogP contribution in [0.2, 0.25) is 0 Å². The average Bonchev–Trinajstić information content (AvgIpc) is 3.04. The molecule has 3 aromatic carbocycles. The molecule has 4 rings (SSSR count). The number of nitrogens with one attached hydrogen (secondary N) is 2. The van der Waals surface area contributed by atoms with Gasteiger partial charge in [0.2, 0.25) is 5.91 Å². The van der Waals surface area contributed by atoms with E-state index in [1.807, 2.05) is 86.6 Å². The summed E-state index contributed by atoms with van der Waals surface area (Å²) in [6, 6.07) is 22.3. The smallest absolute Gasteiger partial charge is 0.325 e. The fraction of sp³-hybridized carbons (Fsp3) is 0.240. The highest BCUT2D eigenvalue weighted by Gasteiger charge is 2.51. The van der Waals surface area contributed by atoms with Gasteiger partial charge in [0.15, 0.2) is 0 Å². The summed E-state index contributed by atoms with van der Waals surface area (Å²) >= 11 is 0. The Bertz CT molecular complexity index is 1140. The fourth-order valence-electron chi connectivity index (χ4n) is 4.12. The lowest BCUT2D eigenvalue weighted by atomic mass is 9.87. The lowest BCUT2D eigenvalue weighted by Crippen LogP contribution is -2.45. The number of nitrogens with zero attached hydrogens (tertiary/aromatic N) is 1. The number of imide groups is 1. The van der Waals surface area contributed by atoms with Crippen LogP contribution in [0, 0.1) is 0 Å². The molecule has 1 aliphatic heterocycles. The molecule has 1 heterocycles. The van der Waals surface area contributed by atoms with Crippen LogP contribution >= 0.6 is 0 Å². The van der Waals surface area contributed by atoms with Crippen molar-refractivity contribution in [2.75, 3.05) is 6.54 Å². The molecule has 6 nitrogen and oxygen atoms in total. The first-order valence-electron chi connectivity index (χ1n) is 10.4. The molecule has 0 bridgehead atoms. The van der Waals surface area contributed by atoms with Crippen molar-refractivity contribution in [2.24, 2.45) is 0 Å². The van der Waals surface area contributed by atoms with Crippen molar-refractivity contribution < 1.29 is 14.4 Å². The molecule has 0 radical (unpaired) electrons. The van der Waals surface area contributed by atoms with Gasteiger partial charge in [-0.15, -0.1) is 0 Å². The summed E-state index contributed by atoms with van der Waals surface area (Å²) in [5, 5.41) is 7.92. The average molecular weight is 415 g/mol. The normalized spacial score (nSPS) is 19.4. The maximum atomic E-state index is 13.2. The molecule has 0 saturated carbocycles. The van der Waals surface area contributed by atoms with Gasteiger partial charge < -0.3 is 10.6 Å². The zero-order chi connectivity index (χ0) is 22.0. The lowest BCUT2D eigenvalue weighted by molar-refractivity contribution is -0.135. The minimum Gasteiger partial charge on any atom is -0.348 e. The molecular formula is C25H25N3O3. The topological polar surface area (TPSA) is 78.5 Å². The number of urea groups is 1. The lowest BCUT2D eigenvalue weighted by Gasteiger charge is -2.25. The number of amides is 4. The van der Waals surface area contributed by atoms with Crippen molar-refractivity contribution in [1.29, 1.82) is 0 Å². The van der Waals surface area contributed by atoms with Gasteiger partial charge in [0, 0.05) is 0 Å². The van der Waals surface area contributed by atoms with Gasteiger partial charge >= 0.3 is 6.03 Å². The van der Waals surface area contributed by atoms with Crippen LogP contribution in [0.1, 0.15) is 37.4 Å². The van der Waals surface area contributed by atoms with E-state index in [1.54, 1.807) is 0 Å². The van der Waals surface area contributed by atoms with Crippen molar-refractivity contribution in [3.05, 3.63) is 83.9 Å². The predicted octanol–water partition coefficient (Wildman–Crippen LogP) is 3.87. The summed E-state index contributed by atoms with van der Waals surface area (Å²) < 4.78 is 0. The Morgan fingerprint density at radius 3 is 2.39 bits per heavy atom. The van der Waals surface area contributed by atoms with Gasteiger partial charge in [-0.2, -0.15) is 0 Å². The third-order valence-electron chi connectivity index (χ3n) is 5.93. The van der Waals surface area contributed by atoms with E-state index >= 15 is 0 Å². The maximum Gasteiger partial charge on any atom is 0.325 e. The van der Waals surface area contributed by atoms with E-state index in [-0.39, 0.29) is 18.5 Å². The van der Waals surface area contributed by atoms with Gasteiger partial charge in [0.25, 0.3) is 5.91 Å². The summed E-state index contributed by atoms with van der Waals surface area (Å²) in [6.07, 6.45) is 0.396. The molecule has 31 heavy (non-hydrogen) atoms. The number of carbonyl (C=O) groups is 3. The molecular weight excluding hydrogens is 390 g/mol. The van der Waals surface area contributed by atoms with Crippen LogP contribution < -0.4 is 10.6 Å². The first kappa shape index (κ1) is 20.6. The molecule has 0 aromatic heterocycles. The van der Waals surface area contributed by atoms with Crippen LogP contribution in [0.3, 0.4) is 0 Å². The van der Waals surface area contributed by atoms with Crippen LogP contribution in [0.15, 0.2) is 72.8 Å². The Kier molecular flexibility index (Phi) is 5.46. The third-order valence-corrected chi connectivity index (χ3v) is 5.93. The molecule has 3 aromatic rings. The van der Waals surface area contributed by atoms with Crippen molar-refractivity contribution in [3.8, 4) is 0 Å². The molecule has 0 aliphatic carbocycles. The molecule has 2 N–H and O–H groups in total. The summed E-state index contributed by atoms with van der Waals surface area (Å²) in [5.74, 6) is -0.788. The van der Waals surface area contributed by atoms with E-state index in [0.717, 1.165) is 21.2 Å². The number of fused-ring (bicyclic) bond motifs is 1. The highest BCUT2D eigenvalue weighted by molar-refractivity contribution is 6.09. The third kappa shape index (κ3) is 3.77. The molecule has 6 heteroatoms. The van der Waals surface area contributed by atoms with Gasteiger partial charge in [-0.3, -0.25) is 14.5 Å². The zero-order valence-electron chi connectivity index (χ0n) is 17.6. The van der Waals surface area contributed by atoms with Crippen molar-refractivity contribution in [2.45, 2.75) is 31.8 Å². The van der Waals surface area contributed by atoms with Crippen molar-refractivity contribution in [3.63, 3.8) is 0 Å². The summed E-state index contributed by atoms with van der Waals surface area (Å²) in [5.41, 5.74) is 0.530. The van der Waals surface area contributed by atoms with Crippen LogP contribution in [-0.4, -0.2) is 29.3 Å². The fourth-order valence-corrected chi connectivity index (χ4v) is 4.12. The number of rotatable bonds is 6. The number of hydrogen-bond donors (Lipinski definition) is 2. The Labute approximate surface area is 181 Å². The van der Waals surface area contributed by atoms with Gasteiger partial charge in [-0.05, 0) is 41.3 Å². The van der Waals surface area contributed by atoms with E-state index in [0.29, 0.717) is 12.0 Å². The minimum atomic E-state index is -1.14. The maximum absolute atomic E-state index is 13.2. The molecule has 1 fully saturated rings. The van der Waals surface area contributed by atoms with Crippen molar-refractivity contribution >= 4 is 28.6 Å². The molecule has 2 atom stereocenters. The summed E-state index contributed by atoms with van der Waals surface area (Å²) in [4.78, 5) is 39.4.